The van der Waals surface area contributed by atoms with Gasteiger partial charge in [-0.1, -0.05) is 56.3 Å². The predicted molar refractivity (Wildman–Crippen MR) is 184 cm³/mol. The van der Waals surface area contributed by atoms with Crippen LogP contribution in [0.4, 0.5) is 0 Å². The van der Waals surface area contributed by atoms with E-state index < -0.39 is 33.4 Å². The van der Waals surface area contributed by atoms with Gasteiger partial charge in [0, 0.05) is 50.8 Å². The molecule has 1 aliphatic heterocycles. The van der Waals surface area contributed by atoms with Crippen LogP contribution in [-0.4, -0.2) is 80.5 Å². The fourth-order valence-electron chi connectivity index (χ4n) is 6.77. The van der Waals surface area contributed by atoms with Crippen molar-refractivity contribution in [3.05, 3.63) is 88.4 Å². The predicted octanol–water partition coefficient (Wildman–Crippen LogP) is 3.76. The summed E-state index contributed by atoms with van der Waals surface area (Å²) in [7, 11) is -2.44. The molecule has 2 aromatic carbocycles. The zero-order chi connectivity index (χ0) is 34.0. The average Bonchev–Trinajstić information content (AvgIpc) is 3.63. The topological polar surface area (TPSA) is 142 Å². The number of nitrogens with zero attached hydrogens (tertiary/aromatic N) is 2. The molecule has 1 heterocycles. The van der Waals surface area contributed by atoms with E-state index in [1.165, 1.54) is 16.5 Å². The van der Waals surface area contributed by atoms with Gasteiger partial charge in [-0.05, 0) is 73.9 Å². The van der Waals surface area contributed by atoms with E-state index in [2.05, 4.69) is 5.32 Å². The number of carbonyl (C=O) groups excluding carboxylic acids is 2. The van der Waals surface area contributed by atoms with E-state index in [0.29, 0.717) is 51.3 Å². The number of benzene rings is 2. The first-order valence-corrected chi connectivity index (χ1v) is 18.1. The summed E-state index contributed by atoms with van der Waals surface area (Å²) in [5, 5.41) is 15.4. The van der Waals surface area contributed by atoms with Gasteiger partial charge in [0.15, 0.2) is 0 Å². The molecule has 256 valence electrons. The third-order valence-electron chi connectivity index (χ3n) is 9.13. The molecule has 1 saturated heterocycles. The Morgan fingerprint density at radius 2 is 1.70 bits per heavy atom. The molecule has 4 rings (SSSR count). The molecule has 2 amide bonds. The van der Waals surface area contributed by atoms with Crippen LogP contribution in [0.3, 0.4) is 0 Å². The lowest BCUT2D eigenvalue weighted by atomic mass is 9.63. The third-order valence-corrected chi connectivity index (χ3v) is 11.0. The van der Waals surface area contributed by atoms with Crippen molar-refractivity contribution in [3.8, 4) is 5.75 Å². The standard InChI is InChI=1S/C36H50N4O6S/c1-4-16-39(17-5-2)35(43)36(23-29(34(37)42)22-31(24-36)47(44,45)40-18-9-10-19-40)32(21-27-12-7-6-8-13-27)33(41)26-38-25-28-14-11-15-30(20-28)46-3/h6-8,11-15,20,22,24,32-33,38,41H,4-5,9-10,16-19,21,23,25-26H2,1-3H3,(H2,37,42)/t32-,33+,36?/m1/s1. The number of hydrogen-bond acceptors (Lipinski definition) is 7. The van der Waals surface area contributed by atoms with E-state index in [4.69, 9.17) is 10.5 Å². The van der Waals surface area contributed by atoms with Crippen molar-refractivity contribution < 1.29 is 27.9 Å². The maximum Gasteiger partial charge on any atom is 0.244 e. The van der Waals surface area contributed by atoms with Crippen molar-refractivity contribution in [2.24, 2.45) is 17.1 Å². The summed E-state index contributed by atoms with van der Waals surface area (Å²) in [6.07, 6.45) is 4.76. The fourth-order valence-corrected chi connectivity index (χ4v) is 8.46. The summed E-state index contributed by atoms with van der Waals surface area (Å²) < 4.78 is 34.9. The summed E-state index contributed by atoms with van der Waals surface area (Å²) >= 11 is 0. The van der Waals surface area contributed by atoms with Gasteiger partial charge in [0.1, 0.15) is 5.75 Å². The van der Waals surface area contributed by atoms with Crippen LogP contribution in [0.25, 0.3) is 0 Å². The monoisotopic (exact) mass is 666 g/mol. The summed E-state index contributed by atoms with van der Waals surface area (Å²) in [6, 6.07) is 17.1. The Kier molecular flexibility index (Phi) is 12.8. The zero-order valence-corrected chi connectivity index (χ0v) is 28.7. The molecule has 1 unspecified atom stereocenters. The molecule has 4 N–H and O–H groups in total. The maximum absolute atomic E-state index is 15.0. The van der Waals surface area contributed by atoms with Crippen molar-refractivity contribution in [2.75, 3.05) is 39.8 Å². The van der Waals surface area contributed by atoms with Gasteiger partial charge < -0.3 is 25.8 Å². The normalized spacial score (nSPS) is 19.8. The Bertz CT molecular complexity index is 1530. The molecule has 1 aliphatic carbocycles. The number of primary amides is 1. The minimum absolute atomic E-state index is 0.0566. The minimum atomic E-state index is -4.04. The number of ether oxygens (including phenoxy) is 1. The lowest BCUT2D eigenvalue weighted by Gasteiger charge is -2.45. The zero-order valence-electron chi connectivity index (χ0n) is 27.9. The van der Waals surface area contributed by atoms with E-state index in [-0.39, 0.29) is 35.8 Å². The molecule has 0 saturated carbocycles. The smallest absolute Gasteiger partial charge is 0.244 e. The number of nitrogens with two attached hydrogens (primary N) is 1. The number of carbonyl (C=O) groups is 2. The van der Waals surface area contributed by atoms with Crippen LogP contribution in [0.15, 0.2) is 77.2 Å². The number of aliphatic hydroxyl groups excluding tert-OH is 1. The number of methoxy groups -OCH3 is 1. The highest BCUT2D eigenvalue weighted by atomic mass is 32.2. The molecule has 10 nitrogen and oxygen atoms in total. The van der Waals surface area contributed by atoms with Gasteiger partial charge in [0.2, 0.25) is 21.8 Å². The van der Waals surface area contributed by atoms with Crippen molar-refractivity contribution in [3.63, 3.8) is 0 Å². The molecule has 2 aromatic rings. The SMILES string of the molecule is CCCN(CCC)C(=O)C1([C@H](Cc2ccccc2)[C@@H](O)CNCc2cccc(OC)c2)C=C(S(=O)(=O)N2CCCC2)C=C(C(N)=O)C1. The Morgan fingerprint density at radius 1 is 1.04 bits per heavy atom. The molecule has 2 aliphatic rings. The number of amides is 2. The number of nitrogens with one attached hydrogen (secondary N) is 1. The lowest BCUT2D eigenvalue weighted by Crippen LogP contribution is -2.54. The van der Waals surface area contributed by atoms with Crippen LogP contribution in [0.1, 0.15) is 57.1 Å². The van der Waals surface area contributed by atoms with E-state index in [9.17, 15) is 18.3 Å². The quantitative estimate of drug-likeness (QED) is 0.233. The molecule has 3 atom stereocenters. The van der Waals surface area contributed by atoms with Crippen molar-refractivity contribution in [1.82, 2.24) is 14.5 Å². The highest BCUT2D eigenvalue weighted by Gasteiger charge is 2.52. The molecule has 1 fully saturated rings. The number of aliphatic hydroxyl groups is 1. The summed E-state index contributed by atoms with van der Waals surface area (Å²) in [4.78, 5) is 29.6. The molecular weight excluding hydrogens is 616 g/mol. The van der Waals surface area contributed by atoms with Crippen molar-refractivity contribution in [2.45, 2.75) is 65.0 Å². The van der Waals surface area contributed by atoms with Crippen LogP contribution < -0.4 is 15.8 Å². The van der Waals surface area contributed by atoms with Gasteiger partial charge in [0.05, 0.1) is 23.5 Å². The second-order valence-electron chi connectivity index (χ2n) is 12.5. The van der Waals surface area contributed by atoms with Gasteiger partial charge in [-0.2, -0.15) is 4.31 Å². The molecule has 0 radical (unpaired) electrons. The highest BCUT2D eigenvalue weighted by molar-refractivity contribution is 7.93. The van der Waals surface area contributed by atoms with Crippen LogP contribution in [0, 0.1) is 11.3 Å². The van der Waals surface area contributed by atoms with E-state index in [1.54, 1.807) is 12.0 Å². The Morgan fingerprint density at radius 3 is 2.32 bits per heavy atom. The fraction of sp³-hybridized carbons (Fsp3) is 0.500. The maximum atomic E-state index is 15.0. The van der Waals surface area contributed by atoms with Crippen LogP contribution in [0.2, 0.25) is 0 Å². The van der Waals surface area contributed by atoms with Gasteiger partial charge >= 0.3 is 0 Å². The van der Waals surface area contributed by atoms with Gasteiger partial charge in [-0.15, -0.1) is 0 Å². The molecular formula is C36H50N4O6S. The largest absolute Gasteiger partial charge is 0.497 e. The van der Waals surface area contributed by atoms with Crippen LogP contribution in [-0.2, 0) is 32.6 Å². The molecule has 0 spiro atoms. The van der Waals surface area contributed by atoms with Gasteiger partial charge in [0.25, 0.3) is 0 Å². The first-order chi connectivity index (χ1) is 22.5. The molecule has 0 bridgehead atoms. The number of hydrogen-bond donors (Lipinski definition) is 3. The van der Waals surface area contributed by atoms with Crippen LogP contribution in [0.5, 0.6) is 5.75 Å². The molecule has 0 aromatic heterocycles. The first-order valence-electron chi connectivity index (χ1n) is 16.6. The van der Waals surface area contributed by atoms with Crippen LogP contribution >= 0.6 is 0 Å². The van der Waals surface area contributed by atoms with E-state index >= 15 is 4.79 Å². The Hall–Kier alpha value is -3.51. The first kappa shape index (κ1) is 36.3. The summed E-state index contributed by atoms with van der Waals surface area (Å²) in [5.74, 6) is -1.19. The summed E-state index contributed by atoms with van der Waals surface area (Å²) in [5.41, 5.74) is 6.20. The summed E-state index contributed by atoms with van der Waals surface area (Å²) in [6.45, 7) is 6.14. The lowest BCUT2D eigenvalue weighted by molar-refractivity contribution is -0.145. The minimum Gasteiger partial charge on any atom is -0.497 e. The second kappa shape index (κ2) is 16.5. The second-order valence-corrected chi connectivity index (χ2v) is 14.5. The van der Waals surface area contributed by atoms with Crippen molar-refractivity contribution in [1.29, 1.82) is 0 Å². The number of allylic oxidation sites excluding steroid dienone is 1. The van der Waals surface area contributed by atoms with Crippen molar-refractivity contribution >= 4 is 21.8 Å². The van der Waals surface area contributed by atoms with E-state index in [0.717, 1.165) is 24.0 Å². The molecule has 47 heavy (non-hydrogen) atoms. The van der Waals surface area contributed by atoms with Gasteiger partial charge in [-0.3, -0.25) is 9.59 Å². The molecule has 11 heteroatoms. The average molecular weight is 667 g/mol. The van der Waals surface area contributed by atoms with E-state index in [1.807, 2.05) is 68.4 Å². The third kappa shape index (κ3) is 8.70. The highest BCUT2D eigenvalue weighted by Crippen LogP contribution is 2.47. The number of rotatable bonds is 17. The number of sulfonamides is 1. The Labute approximate surface area is 279 Å². The Balaban J connectivity index is 1.85. The van der Waals surface area contributed by atoms with Gasteiger partial charge in [-0.25, -0.2) is 8.42 Å².